The molecule has 0 spiro atoms. The smallest absolute Gasteiger partial charge is 0.260 e. The number of H-pyrrole nitrogens is 1. The Kier molecular flexibility index (Phi) is 3.23. The van der Waals surface area contributed by atoms with Crippen LogP contribution in [0.1, 0.15) is 18.4 Å². The van der Waals surface area contributed by atoms with Gasteiger partial charge in [-0.15, -0.1) is 0 Å². The van der Waals surface area contributed by atoms with Crippen molar-refractivity contribution in [1.82, 2.24) is 14.3 Å². The quantitative estimate of drug-likeness (QED) is 0.814. The standard InChI is InChI=1S/C13H16N4O2S/c14-11-3-1-2-10(6-11)8-17(12-4-5-12)20(18,19)13-7-15-9-16-13/h1-3,6-7,9,12H,4-5,8,14H2,(H,15,16). The van der Waals surface area contributed by atoms with Crippen molar-refractivity contribution in [3.05, 3.63) is 42.4 Å². The summed E-state index contributed by atoms with van der Waals surface area (Å²) in [7, 11) is -3.53. The number of sulfonamides is 1. The first-order chi connectivity index (χ1) is 9.57. The molecular weight excluding hydrogens is 276 g/mol. The van der Waals surface area contributed by atoms with E-state index in [0.717, 1.165) is 18.4 Å². The molecule has 20 heavy (non-hydrogen) atoms. The number of aromatic nitrogens is 2. The van der Waals surface area contributed by atoms with Gasteiger partial charge in [0.05, 0.1) is 12.5 Å². The number of imidazole rings is 1. The van der Waals surface area contributed by atoms with Crippen molar-refractivity contribution in [2.24, 2.45) is 0 Å². The zero-order valence-electron chi connectivity index (χ0n) is 10.9. The first-order valence-electron chi connectivity index (χ1n) is 6.42. The van der Waals surface area contributed by atoms with Crippen LogP contribution in [-0.4, -0.2) is 28.7 Å². The molecule has 1 heterocycles. The predicted molar refractivity (Wildman–Crippen MR) is 75.2 cm³/mol. The number of anilines is 1. The molecule has 0 unspecified atom stereocenters. The van der Waals surface area contributed by atoms with E-state index >= 15 is 0 Å². The fourth-order valence-corrected chi connectivity index (χ4v) is 3.73. The van der Waals surface area contributed by atoms with Gasteiger partial charge in [-0.3, -0.25) is 0 Å². The maximum absolute atomic E-state index is 12.6. The Morgan fingerprint density at radius 2 is 2.20 bits per heavy atom. The summed E-state index contributed by atoms with van der Waals surface area (Å²) in [6, 6.07) is 7.38. The third kappa shape index (κ3) is 2.54. The number of hydrogen-bond acceptors (Lipinski definition) is 4. The highest BCUT2D eigenvalue weighted by Crippen LogP contribution is 2.33. The third-order valence-corrected chi connectivity index (χ3v) is 5.13. The summed E-state index contributed by atoms with van der Waals surface area (Å²) >= 11 is 0. The second-order valence-electron chi connectivity index (χ2n) is 4.94. The van der Waals surface area contributed by atoms with Gasteiger partial charge in [-0.25, -0.2) is 13.4 Å². The molecule has 0 atom stereocenters. The van der Waals surface area contributed by atoms with Gasteiger partial charge in [-0.05, 0) is 30.5 Å². The molecule has 0 aliphatic heterocycles. The second-order valence-corrected chi connectivity index (χ2v) is 6.80. The molecule has 2 aromatic rings. The van der Waals surface area contributed by atoms with E-state index in [9.17, 15) is 8.42 Å². The SMILES string of the molecule is Nc1cccc(CN(C2CC2)S(=O)(=O)c2cnc[nH]2)c1. The van der Waals surface area contributed by atoms with Crippen LogP contribution >= 0.6 is 0 Å². The van der Waals surface area contributed by atoms with Crippen molar-refractivity contribution >= 4 is 15.7 Å². The zero-order chi connectivity index (χ0) is 14.2. The van der Waals surface area contributed by atoms with Gasteiger partial charge >= 0.3 is 0 Å². The molecule has 1 aliphatic rings. The highest BCUT2D eigenvalue weighted by atomic mass is 32.2. The largest absolute Gasteiger partial charge is 0.399 e. The number of hydrogen-bond donors (Lipinski definition) is 2. The number of nitrogen functional groups attached to an aromatic ring is 1. The van der Waals surface area contributed by atoms with Gasteiger partial charge < -0.3 is 10.7 Å². The predicted octanol–water partition coefficient (Wildman–Crippen LogP) is 1.35. The molecule has 106 valence electrons. The summed E-state index contributed by atoms with van der Waals surface area (Å²) in [5.41, 5.74) is 7.27. The van der Waals surface area contributed by atoms with Gasteiger partial charge in [0.1, 0.15) is 0 Å². The van der Waals surface area contributed by atoms with E-state index in [4.69, 9.17) is 5.73 Å². The lowest BCUT2D eigenvalue weighted by Crippen LogP contribution is -2.32. The van der Waals surface area contributed by atoms with Crippen molar-refractivity contribution in [3.8, 4) is 0 Å². The van der Waals surface area contributed by atoms with Crippen LogP contribution in [0.4, 0.5) is 5.69 Å². The second kappa shape index (κ2) is 4.92. The van der Waals surface area contributed by atoms with Crippen LogP contribution in [0.2, 0.25) is 0 Å². The van der Waals surface area contributed by atoms with E-state index in [2.05, 4.69) is 9.97 Å². The normalized spacial score (nSPS) is 15.7. The van der Waals surface area contributed by atoms with E-state index in [1.165, 1.54) is 16.8 Å². The Bertz CT molecular complexity index is 693. The van der Waals surface area contributed by atoms with E-state index in [-0.39, 0.29) is 11.1 Å². The summed E-state index contributed by atoms with van der Waals surface area (Å²) in [5.74, 6) is 0. The molecule has 6 nitrogen and oxygen atoms in total. The monoisotopic (exact) mass is 292 g/mol. The first kappa shape index (κ1) is 13.1. The summed E-state index contributed by atoms with van der Waals surface area (Å²) in [4.78, 5) is 6.46. The lowest BCUT2D eigenvalue weighted by Gasteiger charge is -2.21. The first-order valence-corrected chi connectivity index (χ1v) is 7.86. The lowest BCUT2D eigenvalue weighted by atomic mass is 10.2. The Morgan fingerprint density at radius 1 is 1.40 bits per heavy atom. The fraction of sp³-hybridized carbons (Fsp3) is 0.308. The number of nitrogens with zero attached hydrogens (tertiary/aromatic N) is 2. The molecule has 0 radical (unpaired) electrons. The number of nitrogens with one attached hydrogen (secondary N) is 1. The van der Waals surface area contributed by atoms with Crippen LogP contribution in [0.3, 0.4) is 0 Å². The molecule has 7 heteroatoms. The Morgan fingerprint density at radius 3 is 2.80 bits per heavy atom. The minimum Gasteiger partial charge on any atom is -0.399 e. The van der Waals surface area contributed by atoms with Crippen LogP contribution in [0.5, 0.6) is 0 Å². The molecule has 1 aliphatic carbocycles. The van der Waals surface area contributed by atoms with Crippen LogP contribution in [0.15, 0.2) is 41.8 Å². The van der Waals surface area contributed by atoms with Crippen molar-refractivity contribution in [1.29, 1.82) is 0 Å². The number of benzene rings is 1. The molecule has 1 saturated carbocycles. The summed E-state index contributed by atoms with van der Waals surface area (Å²) < 4.78 is 26.7. The fourth-order valence-electron chi connectivity index (χ4n) is 2.15. The van der Waals surface area contributed by atoms with E-state index in [0.29, 0.717) is 12.2 Å². The van der Waals surface area contributed by atoms with E-state index < -0.39 is 10.0 Å². The van der Waals surface area contributed by atoms with E-state index in [1.807, 2.05) is 12.1 Å². The van der Waals surface area contributed by atoms with Gasteiger partial charge in [-0.1, -0.05) is 12.1 Å². The van der Waals surface area contributed by atoms with Crippen LogP contribution in [0, 0.1) is 0 Å². The molecule has 1 aromatic heterocycles. The molecule has 1 fully saturated rings. The topological polar surface area (TPSA) is 92.1 Å². The molecule has 1 aromatic carbocycles. The van der Waals surface area contributed by atoms with Gasteiger partial charge in [0.15, 0.2) is 5.03 Å². The Balaban J connectivity index is 1.90. The molecule has 3 rings (SSSR count). The van der Waals surface area contributed by atoms with Crippen molar-refractivity contribution < 1.29 is 8.42 Å². The third-order valence-electron chi connectivity index (χ3n) is 3.30. The number of aromatic amines is 1. The lowest BCUT2D eigenvalue weighted by molar-refractivity contribution is 0.397. The summed E-state index contributed by atoms with van der Waals surface area (Å²) in [6.45, 7) is 0.330. The molecule has 0 amide bonds. The molecule has 3 N–H and O–H groups in total. The average molecular weight is 292 g/mol. The van der Waals surface area contributed by atoms with Crippen LogP contribution in [-0.2, 0) is 16.6 Å². The van der Waals surface area contributed by atoms with Crippen molar-refractivity contribution in [3.63, 3.8) is 0 Å². The maximum atomic E-state index is 12.6. The number of rotatable bonds is 5. The average Bonchev–Trinajstić information content (AvgIpc) is 3.08. The van der Waals surface area contributed by atoms with Gasteiger partial charge in [0.25, 0.3) is 10.0 Å². The van der Waals surface area contributed by atoms with E-state index in [1.54, 1.807) is 12.1 Å². The summed E-state index contributed by atoms with van der Waals surface area (Å²) in [6.07, 6.45) is 4.51. The maximum Gasteiger partial charge on any atom is 0.260 e. The zero-order valence-corrected chi connectivity index (χ0v) is 11.7. The van der Waals surface area contributed by atoms with Gasteiger partial charge in [0.2, 0.25) is 0 Å². The molecule has 0 bridgehead atoms. The molecule has 0 saturated heterocycles. The van der Waals surface area contributed by atoms with Crippen molar-refractivity contribution in [2.75, 3.05) is 5.73 Å². The Labute approximate surface area is 117 Å². The van der Waals surface area contributed by atoms with Crippen LogP contribution < -0.4 is 5.73 Å². The molecular formula is C13H16N4O2S. The summed E-state index contributed by atoms with van der Waals surface area (Å²) in [5, 5.41) is 0.133. The van der Waals surface area contributed by atoms with Crippen molar-refractivity contribution in [2.45, 2.75) is 30.5 Å². The minimum atomic E-state index is -3.53. The number of nitrogens with two attached hydrogens (primary N) is 1. The Hall–Kier alpha value is -1.86. The van der Waals surface area contributed by atoms with Gasteiger partial charge in [0, 0.05) is 18.3 Å². The highest BCUT2D eigenvalue weighted by molar-refractivity contribution is 7.89. The highest BCUT2D eigenvalue weighted by Gasteiger charge is 2.38. The van der Waals surface area contributed by atoms with Gasteiger partial charge in [-0.2, -0.15) is 4.31 Å². The minimum absolute atomic E-state index is 0.0738. The van der Waals surface area contributed by atoms with Crippen LogP contribution in [0.25, 0.3) is 0 Å².